The molecule has 1 heterocycles. The summed E-state index contributed by atoms with van der Waals surface area (Å²) < 4.78 is 0. The molecule has 0 spiro atoms. The van der Waals surface area contributed by atoms with E-state index in [2.05, 4.69) is 5.32 Å². The van der Waals surface area contributed by atoms with Crippen molar-refractivity contribution < 1.29 is 9.72 Å². The van der Waals surface area contributed by atoms with Gasteiger partial charge in [0.15, 0.2) is 0 Å². The Morgan fingerprint density at radius 1 is 1.26 bits per heavy atom. The summed E-state index contributed by atoms with van der Waals surface area (Å²) in [5, 5.41) is 15.3. The lowest BCUT2D eigenvalue weighted by molar-refractivity contribution is -0.384. The Kier molecular flexibility index (Phi) is 4.25. The van der Waals surface area contributed by atoms with Gasteiger partial charge in [0.25, 0.3) is 11.6 Å². The summed E-state index contributed by atoms with van der Waals surface area (Å²) in [6.07, 6.45) is 0.788. The highest BCUT2D eigenvalue weighted by Gasteiger charge is 2.08. The standard InChI is InChI=1S/C13H12N2O3S/c16-13(14-8-7-12-2-1-9-19-12)10-3-5-11(6-4-10)15(17)18/h1-6,9H,7-8H2,(H,14,16). The van der Waals surface area contributed by atoms with Crippen molar-refractivity contribution in [1.82, 2.24) is 5.32 Å². The van der Waals surface area contributed by atoms with Crippen LogP contribution in [0, 0.1) is 10.1 Å². The summed E-state index contributed by atoms with van der Waals surface area (Å²) in [6.45, 7) is 0.552. The molecule has 1 N–H and O–H groups in total. The van der Waals surface area contributed by atoms with E-state index < -0.39 is 4.92 Å². The van der Waals surface area contributed by atoms with Gasteiger partial charge in [0.05, 0.1) is 4.92 Å². The van der Waals surface area contributed by atoms with Crippen molar-refractivity contribution in [2.45, 2.75) is 6.42 Å². The number of rotatable bonds is 5. The van der Waals surface area contributed by atoms with Gasteiger partial charge < -0.3 is 5.32 Å². The molecule has 2 rings (SSSR count). The van der Waals surface area contributed by atoms with Gasteiger partial charge in [0, 0.05) is 29.1 Å². The first-order valence-electron chi connectivity index (χ1n) is 5.72. The molecule has 1 aromatic heterocycles. The molecule has 0 aliphatic carbocycles. The Morgan fingerprint density at radius 3 is 2.58 bits per heavy atom. The van der Waals surface area contributed by atoms with Gasteiger partial charge in [0.1, 0.15) is 0 Å². The van der Waals surface area contributed by atoms with E-state index in [-0.39, 0.29) is 11.6 Å². The number of carbonyl (C=O) groups is 1. The van der Waals surface area contributed by atoms with Gasteiger partial charge in [-0.15, -0.1) is 11.3 Å². The summed E-state index contributed by atoms with van der Waals surface area (Å²) in [7, 11) is 0. The van der Waals surface area contributed by atoms with Gasteiger partial charge in [0.2, 0.25) is 0 Å². The zero-order valence-corrected chi connectivity index (χ0v) is 10.9. The zero-order chi connectivity index (χ0) is 13.7. The third-order valence-corrected chi connectivity index (χ3v) is 3.51. The molecule has 2 aromatic rings. The van der Waals surface area contributed by atoms with E-state index >= 15 is 0 Å². The second kappa shape index (κ2) is 6.10. The van der Waals surface area contributed by atoms with Crippen molar-refractivity contribution in [3.63, 3.8) is 0 Å². The molecule has 0 atom stereocenters. The zero-order valence-electron chi connectivity index (χ0n) is 10.0. The number of non-ortho nitro benzene ring substituents is 1. The van der Waals surface area contributed by atoms with E-state index in [1.54, 1.807) is 11.3 Å². The first-order chi connectivity index (χ1) is 9.16. The van der Waals surface area contributed by atoms with E-state index in [4.69, 9.17) is 0 Å². The lowest BCUT2D eigenvalue weighted by atomic mass is 10.2. The van der Waals surface area contributed by atoms with Crippen LogP contribution in [0.2, 0.25) is 0 Å². The van der Waals surface area contributed by atoms with Crippen LogP contribution in [0.3, 0.4) is 0 Å². The predicted molar refractivity (Wildman–Crippen MR) is 73.5 cm³/mol. The molecule has 0 radical (unpaired) electrons. The van der Waals surface area contributed by atoms with Gasteiger partial charge in [-0.05, 0) is 30.0 Å². The normalized spacial score (nSPS) is 10.1. The van der Waals surface area contributed by atoms with Crippen molar-refractivity contribution in [3.8, 4) is 0 Å². The molecule has 0 aliphatic heterocycles. The molecule has 98 valence electrons. The highest BCUT2D eigenvalue weighted by Crippen LogP contribution is 2.12. The van der Waals surface area contributed by atoms with Crippen LogP contribution in [0.15, 0.2) is 41.8 Å². The monoisotopic (exact) mass is 276 g/mol. The van der Waals surface area contributed by atoms with Gasteiger partial charge >= 0.3 is 0 Å². The number of carbonyl (C=O) groups excluding carboxylic acids is 1. The van der Waals surface area contributed by atoms with Crippen LogP contribution >= 0.6 is 11.3 Å². The summed E-state index contributed by atoms with van der Waals surface area (Å²) in [5.74, 6) is -0.216. The Morgan fingerprint density at radius 2 is 2.00 bits per heavy atom. The fourth-order valence-electron chi connectivity index (χ4n) is 1.59. The van der Waals surface area contributed by atoms with Crippen molar-refractivity contribution in [2.24, 2.45) is 0 Å². The van der Waals surface area contributed by atoms with Crippen LogP contribution in [0.25, 0.3) is 0 Å². The van der Waals surface area contributed by atoms with E-state index in [1.807, 2.05) is 17.5 Å². The number of amides is 1. The Balaban J connectivity index is 1.87. The molecule has 1 amide bonds. The third-order valence-electron chi connectivity index (χ3n) is 2.58. The van der Waals surface area contributed by atoms with Crippen LogP contribution < -0.4 is 5.32 Å². The smallest absolute Gasteiger partial charge is 0.269 e. The number of thiophene rings is 1. The second-order valence-electron chi connectivity index (χ2n) is 3.89. The number of nitrogens with zero attached hydrogens (tertiary/aromatic N) is 1. The summed E-state index contributed by atoms with van der Waals surface area (Å²) in [6, 6.07) is 9.56. The number of nitro benzene ring substituents is 1. The van der Waals surface area contributed by atoms with Crippen molar-refractivity contribution >= 4 is 22.9 Å². The molecule has 0 fully saturated rings. The molecule has 0 saturated carbocycles. The number of nitro groups is 1. The van der Waals surface area contributed by atoms with Crippen LogP contribution in [0.1, 0.15) is 15.2 Å². The maximum atomic E-state index is 11.8. The molecule has 5 nitrogen and oxygen atoms in total. The van der Waals surface area contributed by atoms with Crippen LogP contribution in [0.4, 0.5) is 5.69 Å². The van der Waals surface area contributed by atoms with E-state index in [0.29, 0.717) is 12.1 Å². The molecule has 19 heavy (non-hydrogen) atoms. The third kappa shape index (κ3) is 3.62. The molecular formula is C13H12N2O3S. The fourth-order valence-corrected chi connectivity index (χ4v) is 2.30. The topological polar surface area (TPSA) is 72.2 Å². The number of hydrogen-bond donors (Lipinski definition) is 1. The number of hydrogen-bond acceptors (Lipinski definition) is 4. The van der Waals surface area contributed by atoms with Crippen LogP contribution in [-0.4, -0.2) is 17.4 Å². The van der Waals surface area contributed by atoms with Crippen molar-refractivity contribution in [2.75, 3.05) is 6.54 Å². The fraction of sp³-hybridized carbons (Fsp3) is 0.154. The summed E-state index contributed by atoms with van der Waals surface area (Å²) in [4.78, 5) is 23.0. The number of benzene rings is 1. The van der Waals surface area contributed by atoms with E-state index in [9.17, 15) is 14.9 Å². The molecule has 0 aliphatic rings. The quantitative estimate of drug-likeness (QED) is 0.674. The van der Waals surface area contributed by atoms with Crippen LogP contribution in [-0.2, 0) is 6.42 Å². The molecule has 0 unspecified atom stereocenters. The maximum Gasteiger partial charge on any atom is 0.269 e. The van der Waals surface area contributed by atoms with Gasteiger partial charge in [-0.3, -0.25) is 14.9 Å². The molecular weight excluding hydrogens is 264 g/mol. The van der Waals surface area contributed by atoms with Crippen molar-refractivity contribution in [3.05, 3.63) is 62.3 Å². The molecule has 6 heteroatoms. The average molecular weight is 276 g/mol. The molecule has 0 bridgehead atoms. The van der Waals surface area contributed by atoms with Gasteiger partial charge in [-0.25, -0.2) is 0 Å². The lowest BCUT2D eigenvalue weighted by Gasteiger charge is -2.04. The Labute approximate surface area is 114 Å². The highest BCUT2D eigenvalue weighted by molar-refractivity contribution is 7.09. The van der Waals surface area contributed by atoms with Crippen molar-refractivity contribution in [1.29, 1.82) is 0 Å². The largest absolute Gasteiger partial charge is 0.352 e. The summed E-state index contributed by atoms with van der Waals surface area (Å²) in [5.41, 5.74) is 0.409. The number of nitrogens with one attached hydrogen (secondary N) is 1. The average Bonchev–Trinajstić information content (AvgIpc) is 2.92. The minimum Gasteiger partial charge on any atom is -0.352 e. The summed E-state index contributed by atoms with van der Waals surface area (Å²) >= 11 is 1.65. The minimum absolute atomic E-state index is 0.0184. The first-order valence-corrected chi connectivity index (χ1v) is 6.60. The van der Waals surface area contributed by atoms with Crippen LogP contribution in [0.5, 0.6) is 0 Å². The molecule has 0 saturated heterocycles. The molecule has 1 aromatic carbocycles. The van der Waals surface area contributed by atoms with E-state index in [0.717, 1.165) is 6.42 Å². The lowest BCUT2D eigenvalue weighted by Crippen LogP contribution is -2.25. The SMILES string of the molecule is O=C(NCCc1cccs1)c1ccc([N+](=O)[O-])cc1. The Hall–Kier alpha value is -2.21. The van der Waals surface area contributed by atoms with Gasteiger partial charge in [-0.1, -0.05) is 6.07 Å². The van der Waals surface area contributed by atoms with Gasteiger partial charge in [-0.2, -0.15) is 0 Å². The second-order valence-corrected chi connectivity index (χ2v) is 4.92. The first kappa shape index (κ1) is 13.2. The minimum atomic E-state index is -0.488. The maximum absolute atomic E-state index is 11.8. The van der Waals surface area contributed by atoms with E-state index in [1.165, 1.54) is 29.1 Å². The Bertz CT molecular complexity index is 564. The predicted octanol–water partition coefficient (Wildman–Crippen LogP) is 2.63. The highest BCUT2D eigenvalue weighted by atomic mass is 32.1.